The monoisotopic (exact) mass is 577 g/mol. The number of likely N-dealkylation sites (tertiary alicyclic amines) is 1. The fourth-order valence-corrected chi connectivity index (χ4v) is 5.28. The number of aromatic nitrogens is 2. The average molecular weight is 578 g/mol. The zero-order valence-corrected chi connectivity index (χ0v) is 23.9. The first-order chi connectivity index (χ1) is 19.1. The fourth-order valence-electron chi connectivity index (χ4n) is 5.28. The maximum absolute atomic E-state index is 13.5. The van der Waals surface area contributed by atoms with Gasteiger partial charge < -0.3 is 40.0 Å². The normalized spacial score (nSPS) is 28.3. The van der Waals surface area contributed by atoms with Gasteiger partial charge >= 0.3 is 6.18 Å². The Morgan fingerprint density at radius 2 is 1.80 bits per heavy atom. The van der Waals surface area contributed by atoms with Crippen LogP contribution < -0.4 is 15.8 Å². The molecule has 3 rings (SSSR count). The van der Waals surface area contributed by atoms with E-state index in [2.05, 4.69) is 34.0 Å². The van der Waals surface area contributed by atoms with Crippen molar-refractivity contribution in [2.75, 3.05) is 71.1 Å². The van der Waals surface area contributed by atoms with Crippen LogP contribution in [0, 0.1) is 17.8 Å². The number of nitrogens with zero attached hydrogens (tertiary/aromatic N) is 3. The van der Waals surface area contributed by atoms with Gasteiger partial charge in [0.25, 0.3) is 0 Å². The number of rotatable bonds is 14. The Morgan fingerprint density at radius 3 is 2.50 bits per heavy atom. The summed E-state index contributed by atoms with van der Waals surface area (Å²) in [6.07, 6.45) is -2.43. The molecule has 0 amide bonds. The van der Waals surface area contributed by atoms with Crippen LogP contribution in [0.25, 0.3) is 0 Å². The summed E-state index contributed by atoms with van der Waals surface area (Å²) in [5.74, 6) is 0.625. The van der Waals surface area contributed by atoms with Gasteiger partial charge in [0.2, 0.25) is 11.8 Å². The van der Waals surface area contributed by atoms with Gasteiger partial charge in [-0.25, -0.2) is 4.98 Å². The third-order valence-corrected chi connectivity index (χ3v) is 7.95. The molecule has 40 heavy (non-hydrogen) atoms. The van der Waals surface area contributed by atoms with Crippen LogP contribution in [-0.4, -0.2) is 104 Å². The van der Waals surface area contributed by atoms with E-state index in [4.69, 9.17) is 24.7 Å². The highest BCUT2D eigenvalue weighted by atomic mass is 19.4. The lowest BCUT2D eigenvalue weighted by Crippen LogP contribution is -2.54. The van der Waals surface area contributed by atoms with Gasteiger partial charge in [-0.05, 0) is 37.8 Å². The number of alkyl halides is 3. The second-order valence-corrected chi connectivity index (χ2v) is 10.8. The van der Waals surface area contributed by atoms with Gasteiger partial charge in [0, 0.05) is 25.1 Å². The van der Waals surface area contributed by atoms with E-state index in [9.17, 15) is 18.3 Å². The van der Waals surface area contributed by atoms with Crippen LogP contribution in [0.2, 0.25) is 0 Å². The molecule has 0 aliphatic carbocycles. The van der Waals surface area contributed by atoms with Gasteiger partial charge in [0.1, 0.15) is 6.61 Å². The third-order valence-electron chi connectivity index (χ3n) is 7.95. The van der Waals surface area contributed by atoms with Crippen molar-refractivity contribution in [2.45, 2.75) is 64.5 Å². The van der Waals surface area contributed by atoms with E-state index in [0.717, 1.165) is 32.0 Å². The number of ether oxygens (including phenoxy) is 4. The van der Waals surface area contributed by atoms with Gasteiger partial charge in [0.15, 0.2) is 5.69 Å². The second kappa shape index (κ2) is 16.0. The van der Waals surface area contributed by atoms with E-state index < -0.39 is 24.0 Å². The van der Waals surface area contributed by atoms with Crippen LogP contribution in [-0.2, 0) is 20.4 Å². The lowest BCUT2D eigenvalue weighted by atomic mass is 9.88. The molecule has 0 spiro atoms. The minimum absolute atomic E-state index is 0.00224. The lowest BCUT2D eigenvalue weighted by molar-refractivity contribution is -0.141. The number of halogens is 3. The average Bonchev–Trinajstić information content (AvgIpc) is 3.10. The SMILES string of the molecule is CCC1CCN(C[C@H]2OC[C@H](Nc3nc(OCCOCCOCCN)cc(C(F)(F)F)n3)[C@@H](C)[C@H]2O)CCC1C. The molecule has 2 aliphatic rings. The molecule has 2 aliphatic heterocycles. The van der Waals surface area contributed by atoms with Crippen LogP contribution in [0.3, 0.4) is 0 Å². The molecule has 2 saturated heterocycles. The summed E-state index contributed by atoms with van der Waals surface area (Å²) in [6.45, 7) is 10.8. The highest BCUT2D eigenvalue weighted by Crippen LogP contribution is 2.32. The molecule has 4 N–H and O–H groups in total. The Labute approximate surface area is 235 Å². The number of nitrogens with two attached hydrogens (primary N) is 1. The van der Waals surface area contributed by atoms with Crippen LogP contribution >= 0.6 is 0 Å². The van der Waals surface area contributed by atoms with E-state index in [1.54, 1.807) is 0 Å². The molecule has 230 valence electrons. The molecule has 3 heterocycles. The number of hydrogen-bond donors (Lipinski definition) is 3. The van der Waals surface area contributed by atoms with Crippen LogP contribution in [0.1, 0.15) is 45.7 Å². The first-order valence-electron chi connectivity index (χ1n) is 14.4. The van der Waals surface area contributed by atoms with E-state index in [1.807, 2.05) is 6.92 Å². The molecule has 13 heteroatoms. The van der Waals surface area contributed by atoms with Gasteiger partial charge in [-0.3, -0.25) is 0 Å². The summed E-state index contributed by atoms with van der Waals surface area (Å²) in [5.41, 5.74) is 4.21. The molecule has 6 atom stereocenters. The first-order valence-corrected chi connectivity index (χ1v) is 14.4. The summed E-state index contributed by atoms with van der Waals surface area (Å²) in [6, 6.07) is 0.278. The first kappa shape index (κ1) is 32.7. The van der Waals surface area contributed by atoms with Gasteiger partial charge in [-0.15, -0.1) is 0 Å². The molecular formula is C27H46F3N5O5. The molecule has 0 radical (unpaired) electrons. The van der Waals surface area contributed by atoms with Crippen molar-refractivity contribution in [3.05, 3.63) is 11.8 Å². The van der Waals surface area contributed by atoms with Crippen molar-refractivity contribution >= 4 is 5.95 Å². The molecule has 0 bridgehead atoms. The zero-order valence-electron chi connectivity index (χ0n) is 23.9. The Balaban J connectivity index is 1.55. The number of aliphatic hydroxyl groups excluding tert-OH is 1. The predicted molar refractivity (Wildman–Crippen MR) is 144 cm³/mol. The molecule has 10 nitrogen and oxygen atoms in total. The third kappa shape index (κ3) is 9.95. The van der Waals surface area contributed by atoms with E-state index in [1.165, 1.54) is 6.42 Å². The maximum atomic E-state index is 13.5. The molecule has 1 aromatic rings. The maximum Gasteiger partial charge on any atom is 0.433 e. The standard InChI is InChI=1S/C27H46F3N5O5/c1-4-20-6-9-35(8-5-18(20)2)16-22-25(36)19(3)21(17-40-22)32-26-33-23(27(28,29)30)15-24(34-26)39-14-13-38-12-11-37-10-7-31/h15,18-22,25,36H,4-14,16-17,31H2,1-3H3,(H,32,33,34)/t18?,19-,20?,21+,22-,25-/m1/s1. The smallest absolute Gasteiger partial charge is 0.433 e. The Bertz CT molecular complexity index is 883. The van der Waals surface area contributed by atoms with E-state index in [-0.39, 0.29) is 43.7 Å². The molecule has 0 aromatic carbocycles. The highest BCUT2D eigenvalue weighted by molar-refractivity contribution is 5.33. The summed E-state index contributed by atoms with van der Waals surface area (Å²) >= 11 is 0. The van der Waals surface area contributed by atoms with Crippen LogP contribution in [0.15, 0.2) is 6.07 Å². The summed E-state index contributed by atoms with van der Waals surface area (Å²) in [5, 5.41) is 14.0. The number of aliphatic hydroxyl groups is 1. The van der Waals surface area contributed by atoms with Gasteiger partial charge in [-0.1, -0.05) is 27.2 Å². The minimum Gasteiger partial charge on any atom is -0.475 e. The van der Waals surface area contributed by atoms with Gasteiger partial charge in [-0.2, -0.15) is 18.2 Å². The number of anilines is 1. The van der Waals surface area contributed by atoms with E-state index in [0.29, 0.717) is 44.7 Å². The highest BCUT2D eigenvalue weighted by Gasteiger charge is 2.39. The largest absolute Gasteiger partial charge is 0.475 e. The van der Waals surface area contributed by atoms with Crippen molar-refractivity contribution in [2.24, 2.45) is 23.5 Å². The minimum atomic E-state index is -4.69. The fraction of sp³-hybridized carbons (Fsp3) is 0.852. The molecular weight excluding hydrogens is 531 g/mol. The van der Waals surface area contributed by atoms with Crippen LogP contribution in [0.4, 0.5) is 19.1 Å². The number of hydrogen-bond acceptors (Lipinski definition) is 10. The molecule has 1 aromatic heterocycles. The Morgan fingerprint density at radius 1 is 1.10 bits per heavy atom. The summed E-state index contributed by atoms with van der Waals surface area (Å²) in [7, 11) is 0. The Kier molecular flexibility index (Phi) is 13.1. The van der Waals surface area contributed by atoms with E-state index >= 15 is 0 Å². The molecule has 2 fully saturated rings. The summed E-state index contributed by atoms with van der Waals surface area (Å²) in [4.78, 5) is 10.1. The second-order valence-electron chi connectivity index (χ2n) is 10.8. The lowest BCUT2D eigenvalue weighted by Gasteiger charge is -2.40. The van der Waals surface area contributed by atoms with Crippen molar-refractivity contribution < 1.29 is 37.2 Å². The number of nitrogens with one attached hydrogen (secondary N) is 1. The summed E-state index contributed by atoms with van der Waals surface area (Å²) < 4.78 is 62.6. The molecule has 2 unspecified atom stereocenters. The topological polar surface area (TPSA) is 124 Å². The quantitative estimate of drug-likeness (QED) is 0.284. The van der Waals surface area contributed by atoms with Crippen LogP contribution in [0.5, 0.6) is 5.88 Å². The van der Waals surface area contributed by atoms with Crippen molar-refractivity contribution in [1.29, 1.82) is 0 Å². The zero-order chi connectivity index (χ0) is 29.1. The molecule has 0 saturated carbocycles. The van der Waals surface area contributed by atoms with Gasteiger partial charge in [0.05, 0.1) is 51.3 Å². The van der Waals surface area contributed by atoms with Crippen molar-refractivity contribution in [3.63, 3.8) is 0 Å². The van der Waals surface area contributed by atoms with Crippen molar-refractivity contribution in [3.8, 4) is 5.88 Å². The predicted octanol–water partition coefficient (Wildman–Crippen LogP) is 2.80. The Hall–Kier alpha value is -1.77. The van der Waals surface area contributed by atoms with Crippen molar-refractivity contribution in [1.82, 2.24) is 14.9 Å².